The first-order valence-corrected chi connectivity index (χ1v) is 8.59. The highest BCUT2D eigenvalue weighted by Gasteiger charge is 2.11. The SMILES string of the molecule is COc1cc(OC)cc(OCC(=O)NCc2nc(-c3cccc(C)c3)no2)c1. The molecule has 3 rings (SSSR count). The highest BCUT2D eigenvalue weighted by Crippen LogP contribution is 2.27. The lowest BCUT2D eigenvalue weighted by Crippen LogP contribution is -2.28. The number of carbonyl (C=O) groups excluding carboxylic acids is 1. The number of hydrogen-bond acceptors (Lipinski definition) is 7. The monoisotopic (exact) mass is 383 g/mol. The molecular weight excluding hydrogens is 362 g/mol. The van der Waals surface area contributed by atoms with E-state index in [4.69, 9.17) is 18.7 Å². The van der Waals surface area contributed by atoms with Crippen LogP contribution >= 0.6 is 0 Å². The number of aromatic nitrogens is 2. The molecule has 1 N–H and O–H groups in total. The maximum atomic E-state index is 12.0. The zero-order valence-electron chi connectivity index (χ0n) is 15.9. The number of aryl methyl sites for hydroxylation is 1. The zero-order valence-corrected chi connectivity index (χ0v) is 15.9. The van der Waals surface area contributed by atoms with Crippen LogP contribution in [-0.2, 0) is 11.3 Å². The van der Waals surface area contributed by atoms with Crippen LogP contribution in [-0.4, -0.2) is 36.9 Å². The molecule has 1 amide bonds. The molecular formula is C20H21N3O5. The Morgan fingerprint density at radius 3 is 2.46 bits per heavy atom. The van der Waals surface area contributed by atoms with Gasteiger partial charge in [0.15, 0.2) is 6.61 Å². The van der Waals surface area contributed by atoms with Gasteiger partial charge in [-0.3, -0.25) is 4.79 Å². The Bertz CT molecular complexity index is 932. The van der Waals surface area contributed by atoms with Gasteiger partial charge in [-0.15, -0.1) is 0 Å². The lowest BCUT2D eigenvalue weighted by molar-refractivity contribution is -0.123. The topological polar surface area (TPSA) is 95.7 Å². The van der Waals surface area contributed by atoms with Crippen molar-refractivity contribution in [2.24, 2.45) is 0 Å². The number of carbonyl (C=O) groups is 1. The molecule has 3 aromatic rings. The van der Waals surface area contributed by atoms with E-state index in [1.54, 1.807) is 32.4 Å². The molecule has 1 aromatic heterocycles. The fourth-order valence-electron chi connectivity index (χ4n) is 2.47. The van der Waals surface area contributed by atoms with Crippen LogP contribution in [0.2, 0.25) is 0 Å². The Hall–Kier alpha value is -3.55. The summed E-state index contributed by atoms with van der Waals surface area (Å²) in [6, 6.07) is 12.8. The molecule has 0 aliphatic carbocycles. The molecule has 0 fully saturated rings. The molecule has 0 spiro atoms. The van der Waals surface area contributed by atoms with Crippen molar-refractivity contribution >= 4 is 5.91 Å². The minimum Gasteiger partial charge on any atom is -0.496 e. The molecule has 0 aliphatic heterocycles. The Balaban J connectivity index is 1.52. The van der Waals surface area contributed by atoms with Gasteiger partial charge in [-0.1, -0.05) is 28.9 Å². The van der Waals surface area contributed by atoms with E-state index in [0.29, 0.717) is 29.0 Å². The predicted molar refractivity (Wildman–Crippen MR) is 101 cm³/mol. The molecule has 0 saturated carbocycles. The Morgan fingerprint density at radius 1 is 1.07 bits per heavy atom. The van der Waals surface area contributed by atoms with Gasteiger partial charge in [-0.2, -0.15) is 4.98 Å². The lowest BCUT2D eigenvalue weighted by Gasteiger charge is -2.10. The number of rotatable bonds is 8. The van der Waals surface area contributed by atoms with E-state index in [1.807, 2.05) is 31.2 Å². The van der Waals surface area contributed by atoms with Crippen LogP contribution in [0.15, 0.2) is 47.0 Å². The van der Waals surface area contributed by atoms with E-state index in [1.165, 1.54) is 0 Å². The minimum atomic E-state index is -0.322. The predicted octanol–water partition coefficient (Wildman–Crippen LogP) is 2.76. The molecule has 8 nitrogen and oxygen atoms in total. The van der Waals surface area contributed by atoms with Gasteiger partial charge in [0.25, 0.3) is 5.91 Å². The third-order valence-electron chi connectivity index (χ3n) is 3.88. The first-order chi connectivity index (χ1) is 13.6. The highest BCUT2D eigenvalue weighted by atomic mass is 16.5. The normalized spacial score (nSPS) is 10.4. The molecule has 8 heteroatoms. The number of nitrogens with one attached hydrogen (secondary N) is 1. The summed E-state index contributed by atoms with van der Waals surface area (Å²) in [5.74, 6) is 2.08. The second-order valence-electron chi connectivity index (χ2n) is 5.99. The molecule has 0 aliphatic rings. The Morgan fingerprint density at radius 2 is 1.79 bits per heavy atom. The van der Waals surface area contributed by atoms with E-state index < -0.39 is 0 Å². The first kappa shape index (κ1) is 19.2. The van der Waals surface area contributed by atoms with Crippen LogP contribution < -0.4 is 19.5 Å². The van der Waals surface area contributed by atoms with Crippen molar-refractivity contribution in [3.05, 3.63) is 53.9 Å². The standard InChI is InChI=1S/C20H21N3O5/c1-13-5-4-6-14(7-13)20-22-19(28-23-20)11-21-18(24)12-27-17-9-15(25-2)8-16(10-17)26-3/h4-10H,11-12H2,1-3H3,(H,21,24). The fourth-order valence-corrected chi connectivity index (χ4v) is 2.47. The summed E-state index contributed by atoms with van der Waals surface area (Å²) in [5.41, 5.74) is 1.96. The molecule has 0 radical (unpaired) electrons. The summed E-state index contributed by atoms with van der Waals surface area (Å²) in [6.45, 7) is 1.93. The summed E-state index contributed by atoms with van der Waals surface area (Å²) in [5, 5.41) is 6.62. The van der Waals surface area contributed by atoms with E-state index in [0.717, 1.165) is 11.1 Å². The Kier molecular flexibility index (Phi) is 6.11. The van der Waals surface area contributed by atoms with E-state index in [2.05, 4.69) is 15.5 Å². The van der Waals surface area contributed by atoms with Gasteiger partial charge in [0.1, 0.15) is 17.2 Å². The molecule has 2 aromatic carbocycles. The summed E-state index contributed by atoms with van der Waals surface area (Å²) in [7, 11) is 3.08. The van der Waals surface area contributed by atoms with Crippen LogP contribution in [0.3, 0.4) is 0 Å². The van der Waals surface area contributed by atoms with Gasteiger partial charge in [-0.25, -0.2) is 0 Å². The van der Waals surface area contributed by atoms with Gasteiger partial charge in [0.05, 0.1) is 20.8 Å². The van der Waals surface area contributed by atoms with Crippen LogP contribution in [0, 0.1) is 6.92 Å². The van der Waals surface area contributed by atoms with Crippen molar-refractivity contribution in [1.82, 2.24) is 15.5 Å². The maximum absolute atomic E-state index is 12.0. The summed E-state index contributed by atoms with van der Waals surface area (Å²) >= 11 is 0. The van der Waals surface area contributed by atoms with Crippen molar-refractivity contribution in [1.29, 1.82) is 0 Å². The van der Waals surface area contributed by atoms with E-state index in [-0.39, 0.29) is 19.1 Å². The Labute approximate surface area is 162 Å². The number of amides is 1. The average molecular weight is 383 g/mol. The van der Waals surface area contributed by atoms with E-state index >= 15 is 0 Å². The molecule has 1 heterocycles. The van der Waals surface area contributed by atoms with Crippen LogP contribution in [0.1, 0.15) is 11.5 Å². The van der Waals surface area contributed by atoms with Gasteiger partial charge in [0, 0.05) is 23.8 Å². The molecule has 0 bridgehead atoms. The van der Waals surface area contributed by atoms with Crippen LogP contribution in [0.4, 0.5) is 0 Å². The third-order valence-corrected chi connectivity index (χ3v) is 3.88. The van der Waals surface area contributed by atoms with Gasteiger partial charge in [0.2, 0.25) is 11.7 Å². The number of ether oxygens (including phenoxy) is 3. The molecule has 0 atom stereocenters. The second-order valence-corrected chi connectivity index (χ2v) is 5.99. The van der Waals surface area contributed by atoms with Crippen molar-refractivity contribution in [3.63, 3.8) is 0 Å². The summed E-state index contributed by atoms with van der Waals surface area (Å²) in [6.07, 6.45) is 0. The summed E-state index contributed by atoms with van der Waals surface area (Å²) < 4.78 is 21.0. The quantitative estimate of drug-likeness (QED) is 0.639. The van der Waals surface area contributed by atoms with Crippen molar-refractivity contribution < 1.29 is 23.5 Å². The summed E-state index contributed by atoms with van der Waals surface area (Å²) in [4.78, 5) is 16.3. The fraction of sp³-hybridized carbons (Fsp3) is 0.250. The number of nitrogens with zero attached hydrogens (tertiary/aromatic N) is 2. The largest absolute Gasteiger partial charge is 0.496 e. The number of benzene rings is 2. The molecule has 146 valence electrons. The maximum Gasteiger partial charge on any atom is 0.258 e. The molecule has 0 saturated heterocycles. The smallest absolute Gasteiger partial charge is 0.258 e. The average Bonchev–Trinajstić information content (AvgIpc) is 3.19. The van der Waals surface area contributed by atoms with Crippen LogP contribution in [0.5, 0.6) is 17.2 Å². The molecule has 28 heavy (non-hydrogen) atoms. The highest BCUT2D eigenvalue weighted by molar-refractivity contribution is 5.77. The van der Waals surface area contributed by atoms with Gasteiger partial charge >= 0.3 is 0 Å². The lowest BCUT2D eigenvalue weighted by atomic mass is 10.1. The minimum absolute atomic E-state index is 0.114. The zero-order chi connectivity index (χ0) is 19.9. The number of hydrogen-bond donors (Lipinski definition) is 1. The van der Waals surface area contributed by atoms with Crippen molar-refractivity contribution in [2.75, 3.05) is 20.8 Å². The second kappa shape index (κ2) is 8.90. The van der Waals surface area contributed by atoms with E-state index in [9.17, 15) is 4.79 Å². The van der Waals surface area contributed by atoms with Crippen LogP contribution in [0.25, 0.3) is 11.4 Å². The van der Waals surface area contributed by atoms with Gasteiger partial charge in [-0.05, 0) is 13.0 Å². The third kappa shape index (κ3) is 5.00. The molecule has 0 unspecified atom stereocenters. The van der Waals surface area contributed by atoms with Crippen molar-refractivity contribution in [3.8, 4) is 28.6 Å². The number of methoxy groups -OCH3 is 2. The van der Waals surface area contributed by atoms with Crippen molar-refractivity contribution in [2.45, 2.75) is 13.5 Å². The first-order valence-electron chi connectivity index (χ1n) is 8.59. The van der Waals surface area contributed by atoms with Gasteiger partial charge < -0.3 is 24.1 Å².